The summed E-state index contributed by atoms with van der Waals surface area (Å²) in [7, 11) is 0. The lowest BCUT2D eigenvalue weighted by atomic mass is 9.99. The zero-order valence-corrected chi connectivity index (χ0v) is 23.2. The first-order valence-electron chi connectivity index (χ1n) is 13.3. The van der Waals surface area contributed by atoms with Gasteiger partial charge in [-0.05, 0) is 47.9 Å². The van der Waals surface area contributed by atoms with Gasteiger partial charge in [-0.25, -0.2) is 4.98 Å². The Balaban J connectivity index is 1.51. The minimum absolute atomic E-state index is 0.00283. The van der Waals surface area contributed by atoms with Gasteiger partial charge in [0.2, 0.25) is 5.95 Å². The van der Waals surface area contributed by atoms with Gasteiger partial charge in [0.15, 0.2) is 0 Å². The Kier molecular flexibility index (Phi) is 8.59. The molecule has 3 N–H and O–H groups in total. The van der Waals surface area contributed by atoms with Crippen LogP contribution in [0.15, 0.2) is 55.0 Å². The molecule has 1 aliphatic rings. The molecule has 46 heavy (non-hydrogen) atoms. The van der Waals surface area contributed by atoms with Crippen LogP contribution < -0.4 is 10.6 Å². The first-order valence-corrected chi connectivity index (χ1v) is 13.3. The van der Waals surface area contributed by atoms with Crippen molar-refractivity contribution in [2.45, 2.75) is 38.0 Å². The van der Waals surface area contributed by atoms with Gasteiger partial charge in [0.05, 0.1) is 30.5 Å². The third-order valence-corrected chi connectivity index (χ3v) is 6.92. The van der Waals surface area contributed by atoms with Gasteiger partial charge in [0.25, 0.3) is 0 Å². The van der Waals surface area contributed by atoms with Gasteiger partial charge in [-0.3, -0.25) is 9.48 Å². The predicted octanol–water partition coefficient (Wildman–Crippen LogP) is 6.30. The number of aliphatic hydroxyl groups is 1. The van der Waals surface area contributed by atoms with Gasteiger partial charge in [-0.2, -0.15) is 49.6 Å². The van der Waals surface area contributed by atoms with Crippen molar-refractivity contribution in [3.8, 4) is 11.1 Å². The molecule has 3 heterocycles. The smallest absolute Gasteiger partial charge is 0.394 e. The standard InChI is InChI=1S/C28H22F9N7O2/c29-26(30,31)18-8-19(27(32,33)34)10-21(9-18)41-25-38-12-22(17-11-39-44(14-17)5-6-45)23(42-25)40-20-2-1-15-3-4-43(13-16(15)7-20)24(46)28(35,36)37/h1-2,7-12,14,45H,3-6,13H2,(H2,38,40,41,42). The minimum atomic E-state index is -5.09. The zero-order chi connectivity index (χ0) is 33.4. The van der Waals surface area contributed by atoms with Crippen molar-refractivity contribution in [1.82, 2.24) is 24.6 Å². The molecule has 0 unspecified atom stereocenters. The third kappa shape index (κ3) is 7.32. The fourth-order valence-corrected chi connectivity index (χ4v) is 4.76. The molecule has 0 aliphatic carbocycles. The monoisotopic (exact) mass is 659 g/mol. The molecule has 18 heteroatoms. The molecule has 0 radical (unpaired) electrons. The van der Waals surface area contributed by atoms with Crippen LogP contribution >= 0.6 is 0 Å². The molecule has 0 saturated heterocycles. The van der Waals surface area contributed by atoms with E-state index < -0.39 is 41.3 Å². The van der Waals surface area contributed by atoms with E-state index in [1.54, 1.807) is 12.1 Å². The topological polar surface area (TPSA) is 108 Å². The highest BCUT2D eigenvalue weighted by atomic mass is 19.4. The highest BCUT2D eigenvalue weighted by molar-refractivity contribution is 5.82. The number of benzene rings is 2. The van der Waals surface area contributed by atoms with Crippen molar-refractivity contribution in [3.05, 3.63) is 77.2 Å². The number of hydrogen-bond donors (Lipinski definition) is 3. The first kappa shape index (κ1) is 32.5. The quantitative estimate of drug-likeness (QED) is 0.200. The molecule has 9 nitrogen and oxygen atoms in total. The molecule has 0 spiro atoms. The Hall–Kier alpha value is -4.87. The SMILES string of the molecule is O=C(N1CCc2ccc(Nc3nc(Nc4cc(C(F)(F)F)cc(C(F)(F)F)c4)ncc3-c3cnn(CCO)c3)cc2C1)C(F)(F)F. The average Bonchev–Trinajstić information content (AvgIpc) is 3.43. The molecule has 1 amide bonds. The van der Waals surface area contributed by atoms with E-state index in [0.717, 1.165) is 0 Å². The van der Waals surface area contributed by atoms with Crippen LogP contribution in [-0.4, -0.2) is 55.0 Å². The number of carbonyl (C=O) groups excluding carboxylic acids is 1. The lowest BCUT2D eigenvalue weighted by Crippen LogP contribution is -2.43. The van der Waals surface area contributed by atoms with Crippen LogP contribution in [-0.2, 0) is 36.7 Å². The van der Waals surface area contributed by atoms with Crippen LogP contribution in [0.3, 0.4) is 0 Å². The van der Waals surface area contributed by atoms with Crippen LogP contribution in [0, 0.1) is 0 Å². The van der Waals surface area contributed by atoms with Gasteiger partial charge in [-0.1, -0.05) is 6.07 Å². The highest BCUT2D eigenvalue weighted by Gasteiger charge is 2.43. The summed E-state index contributed by atoms with van der Waals surface area (Å²) in [5.41, 5.74) is -1.58. The summed E-state index contributed by atoms with van der Waals surface area (Å²) in [4.78, 5) is 20.8. The fraction of sp³-hybridized carbons (Fsp3) is 0.286. The molecular formula is C28H22F9N7O2. The summed E-state index contributed by atoms with van der Waals surface area (Å²) in [5, 5.41) is 18.7. The minimum Gasteiger partial charge on any atom is -0.394 e. The largest absolute Gasteiger partial charge is 0.471 e. The third-order valence-electron chi connectivity index (χ3n) is 6.92. The first-order chi connectivity index (χ1) is 21.5. The van der Waals surface area contributed by atoms with Gasteiger partial charge >= 0.3 is 24.4 Å². The van der Waals surface area contributed by atoms with Crippen LogP contribution in [0.5, 0.6) is 0 Å². The Morgan fingerprint density at radius 2 is 1.57 bits per heavy atom. The van der Waals surface area contributed by atoms with E-state index in [9.17, 15) is 49.4 Å². The number of anilines is 4. The van der Waals surface area contributed by atoms with E-state index in [-0.39, 0.29) is 56.1 Å². The van der Waals surface area contributed by atoms with E-state index in [1.807, 2.05) is 0 Å². The number of amides is 1. The normalized spacial score (nSPS) is 13.8. The van der Waals surface area contributed by atoms with Gasteiger partial charge in [0.1, 0.15) is 5.82 Å². The van der Waals surface area contributed by atoms with Crippen LogP contribution in [0.4, 0.5) is 62.7 Å². The maximum Gasteiger partial charge on any atom is 0.471 e. The molecule has 244 valence electrons. The van der Waals surface area contributed by atoms with Gasteiger partial charge in [0, 0.05) is 48.0 Å². The molecule has 0 bridgehead atoms. The van der Waals surface area contributed by atoms with E-state index in [1.165, 1.54) is 29.3 Å². The molecule has 2 aromatic heterocycles. The molecular weight excluding hydrogens is 637 g/mol. The van der Waals surface area contributed by atoms with Crippen molar-refractivity contribution in [2.75, 3.05) is 23.8 Å². The summed E-state index contributed by atoms with van der Waals surface area (Å²) < 4.78 is 121. The van der Waals surface area contributed by atoms with Gasteiger partial charge in [-0.15, -0.1) is 0 Å². The van der Waals surface area contributed by atoms with Crippen molar-refractivity contribution in [3.63, 3.8) is 0 Å². The Labute approximate surface area is 253 Å². The van der Waals surface area contributed by atoms with Crippen molar-refractivity contribution in [1.29, 1.82) is 0 Å². The molecule has 4 aromatic rings. The number of nitrogens with one attached hydrogen (secondary N) is 2. The Bertz CT molecular complexity index is 1720. The molecule has 0 atom stereocenters. The highest BCUT2D eigenvalue weighted by Crippen LogP contribution is 2.38. The van der Waals surface area contributed by atoms with Crippen LogP contribution in [0.25, 0.3) is 11.1 Å². The Morgan fingerprint density at radius 3 is 2.20 bits per heavy atom. The van der Waals surface area contributed by atoms with Gasteiger partial charge < -0.3 is 20.6 Å². The zero-order valence-electron chi connectivity index (χ0n) is 23.2. The maximum atomic E-state index is 13.4. The number of fused-ring (bicyclic) bond motifs is 1. The second-order valence-electron chi connectivity index (χ2n) is 10.2. The number of aromatic nitrogens is 4. The molecule has 1 aliphatic heterocycles. The van der Waals surface area contributed by atoms with Crippen molar-refractivity contribution >= 4 is 29.0 Å². The number of halogens is 9. The molecule has 0 saturated carbocycles. The predicted molar refractivity (Wildman–Crippen MR) is 145 cm³/mol. The second-order valence-corrected chi connectivity index (χ2v) is 10.2. The summed E-state index contributed by atoms with van der Waals surface area (Å²) in [6, 6.07) is 5.66. The van der Waals surface area contributed by atoms with Crippen molar-refractivity contribution in [2.24, 2.45) is 0 Å². The Morgan fingerprint density at radius 1 is 0.870 bits per heavy atom. The summed E-state index contributed by atoms with van der Waals surface area (Å²) in [6.45, 7) is -0.548. The lowest BCUT2D eigenvalue weighted by Gasteiger charge is -2.29. The second kappa shape index (κ2) is 12.1. The summed E-state index contributed by atoms with van der Waals surface area (Å²) in [5.74, 6) is -2.36. The van der Waals surface area contributed by atoms with Crippen molar-refractivity contribution < 1.29 is 49.4 Å². The maximum absolute atomic E-state index is 13.4. The average molecular weight is 660 g/mol. The van der Waals surface area contributed by atoms with E-state index in [2.05, 4.69) is 25.7 Å². The number of hydrogen-bond acceptors (Lipinski definition) is 7. The number of carbonyl (C=O) groups is 1. The van der Waals surface area contributed by atoms with Crippen LogP contribution in [0.1, 0.15) is 22.3 Å². The van der Waals surface area contributed by atoms with E-state index in [0.29, 0.717) is 39.4 Å². The molecule has 0 fully saturated rings. The number of rotatable bonds is 7. The number of nitrogens with zero attached hydrogens (tertiary/aromatic N) is 5. The molecule has 5 rings (SSSR count). The van der Waals surface area contributed by atoms with Crippen LogP contribution in [0.2, 0.25) is 0 Å². The summed E-state index contributed by atoms with van der Waals surface area (Å²) >= 11 is 0. The number of aliphatic hydroxyl groups excluding tert-OH is 1. The molecule has 2 aromatic carbocycles. The fourth-order valence-electron chi connectivity index (χ4n) is 4.76. The summed E-state index contributed by atoms with van der Waals surface area (Å²) in [6.07, 6.45) is -10.9. The van der Waals surface area contributed by atoms with E-state index in [4.69, 9.17) is 0 Å². The number of alkyl halides is 9. The van der Waals surface area contributed by atoms with E-state index >= 15 is 0 Å². The lowest BCUT2D eigenvalue weighted by molar-refractivity contribution is -0.186.